The molecule has 0 aliphatic heterocycles. The largest absolute Gasteiger partial charge is 0.444 e. The van der Waals surface area contributed by atoms with Crippen molar-refractivity contribution in [1.29, 1.82) is 0 Å². The van der Waals surface area contributed by atoms with Crippen LogP contribution in [0.25, 0.3) is 0 Å². The number of hydrogen-bond acceptors (Lipinski definition) is 3. The van der Waals surface area contributed by atoms with E-state index in [9.17, 15) is 9.59 Å². The summed E-state index contributed by atoms with van der Waals surface area (Å²) < 4.78 is 5.15. The molecule has 0 aliphatic rings. The molecule has 0 aliphatic carbocycles. The number of aryl methyl sites for hydroxylation is 1. The lowest BCUT2D eigenvalue weighted by Gasteiger charge is -2.23. The van der Waals surface area contributed by atoms with Gasteiger partial charge in [-0.2, -0.15) is 0 Å². The molecule has 0 atom stereocenters. The van der Waals surface area contributed by atoms with Crippen molar-refractivity contribution in [2.75, 3.05) is 18.0 Å². The number of alkyl carbamates (subject to hydrolysis) is 1. The predicted octanol–water partition coefficient (Wildman–Crippen LogP) is 3.53. The van der Waals surface area contributed by atoms with Crippen molar-refractivity contribution in [2.24, 2.45) is 0 Å². The predicted molar refractivity (Wildman–Crippen MR) is 88.5 cm³/mol. The maximum absolute atomic E-state index is 11.8. The molecule has 0 spiro atoms. The number of anilines is 1. The Morgan fingerprint density at radius 2 is 1.95 bits per heavy atom. The second-order valence-corrected chi connectivity index (χ2v) is 6.44. The Labute approximate surface area is 136 Å². The summed E-state index contributed by atoms with van der Waals surface area (Å²) in [5, 5.41) is 3.23. The van der Waals surface area contributed by atoms with Gasteiger partial charge in [-0.15, -0.1) is 0 Å². The van der Waals surface area contributed by atoms with Gasteiger partial charge in [-0.05, 0) is 45.4 Å². The molecule has 5 nitrogen and oxygen atoms in total. The van der Waals surface area contributed by atoms with Gasteiger partial charge in [0, 0.05) is 30.7 Å². The van der Waals surface area contributed by atoms with Crippen LogP contribution in [0.2, 0.25) is 5.02 Å². The minimum absolute atomic E-state index is 0.120. The van der Waals surface area contributed by atoms with Crippen LogP contribution in [0, 0.1) is 6.92 Å². The van der Waals surface area contributed by atoms with Crippen LogP contribution in [0.4, 0.5) is 10.5 Å². The third-order valence-corrected chi connectivity index (χ3v) is 3.26. The van der Waals surface area contributed by atoms with E-state index in [0.29, 0.717) is 23.8 Å². The smallest absolute Gasteiger partial charge is 0.407 e. The number of nitrogens with zero attached hydrogens (tertiary/aromatic N) is 1. The highest BCUT2D eigenvalue weighted by Gasteiger charge is 2.17. The molecule has 0 saturated heterocycles. The number of carbonyl (C=O) groups is 2. The molecule has 0 heterocycles. The molecular weight excluding hydrogens is 304 g/mol. The van der Waals surface area contributed by atoms with Crippen molar-refractivity contribution < 1.29 is 14.3 Å². The Hall–Kier alpha value is -1.75. The highest BCUT2D eigenvalue weighted by molar-refractivity contribution is 6.31. The fraction of sp³-hybridized carbons (Fsp3) is 0.500. The average molecular weight is 327 g/mol. The van der Waals surface area contributed by atoms with E-state index in [4.69, 9.17) is 16.3 Å². The van der Waals surface area contributed by atoms with Crippen molar-refractivity contribution in [1.82, 2.24) is 5.32 Å². The Kier molecular flexibility index (Phi) is 6.23. The lowest BCUT2D eigenvalue weighted by molar-refractivity contribution is -0.116. The molecule has 0 aromatic heterocycles. The Morgan fingerprint density at radius 1 is 1.32 bits per heavy atom. The van der Waals surface area contributed by atoms with Gasteiger partial charge >= 0.3 is 6.09 Å². The van der Waals surface area contributed by atoms with E-state index in [0.717, 1.165) is 5.56 Å². The zero-order valence-corrected chi connectivity index (χ0v) is 14.5. The van der Waals surface area contributed by atoms with Crippen LogP contribution >= 0.6 is 11.6 Å². The zero-order valence-electron chi connectivity index (χ0n) is 13.7. The van der Waals surface area contributed by atoms with Crippen molar-refractivity contribution >= 4 is 29.3 Å². The second kappa shape index (κ2) is 7.49. The van der Waals surface area contributed by atoms with Gasteiger partial charge in [0.05, 0.1) is 0 Å². The molecule has 1 rings (SSSR count). The molecule has 22 heavy (non-hydrogen) atoms. The van der Waals surface area contributed by atoms with Gasteiger partial charge in [0.2, 0.25) is 5.91 Å². The third kappa shape index (κ3) is 5.93. The number of amides is 2. The van der Waals surface area contributed by atoms with Crippen molar-refractivity contribution in [2.45, 2.75) is 40.2 Å². The van der Waals surface area contributed by atoms with Gasteiger partial charge in [-0.25, -0.2) is 4.79 Å². The van der Waals surface area contributed by atoms with Gasteiger partial charge < -0.3 is 15.0 Å². The minimum atomic E-state index is -0.547. The monoisotopic (exact) mass is 326 g/mol. The molecule has 0 radical (unpaired) electrons. The first-order chi connectivity index (χ1) is 10.1. The van der Waals surface area contributed by atoms with E-state index < -0.39 is 11.7 Å². The summed E-state index contributed by atoms with van der Waals surface area (Å²) in [4.78, 5) is 24.9. The number of rotatable bonds is 4. The third-order valence-electron chi connectivity index (χ3n) is 2.85. The molecule has 1 N–H and O–H groups in total. The van der Waals surface area contributed by atoms with Crippen LogP contribution in [-0.2, 0) is 9.53 Å². The zero-order chi connectivity index (χ0) is 16.9. The van der Waals surface area contributed by atoms with E-state index in [1.807, 2.05) is 19.1 Å². The Morgan fingerprint density at radius 3 is 2.45 bits per heavy atom. The Balaban J connectivity index is 2.64. The maximum Gasteiger partial charge on any atom is 0.407 e. The first kappa shape index (κ1) is 18.3. The molecular formula is C16H23ClN2O3. The van der Waals surface area contributed by atoms with E-state index >= 15 is 0 Å². The van der Waals surface area contributed by atoms with Crippen LogP contribution in [0.15, 0.2) is 18.2 Å². The lowest BCUT2D eigenvalue weighted by atomic mass is 10.2. The fourth-order valence-corrected chi connectivity index (χ4v) is 1.98. The van der Waals surface area contributed by atoms with Crippen LogP contribution in [0.5, 0.6) is 0 Å². The van der Waals surface area contributed by atoms with E-state index in [1.54, 1.807) is 31.7 Å². The van der Waals surface area contributed by atoms with Gasteiger partial charge in [0.25, 0.3) is 0 Å². The summed E-state index contributed by atoms with van der Waals surface area (Å²) in [6.45, 7) is 9.39. The van der Waals surface area contributed by atoms with Crippen LogP contribution in [-0.4, -0.2) is 30.7 Å². The summed E-state index contributed by atoms with van der Waals surface area (Å²) in [6, 6.07) is 5.43. The average Bonchev–Trinajstić information content (AvgIpc) is 2.35. The van der Waals surface area contributed by atoms with Crippen LogP contribution in [0.3, 0.4) is 0 Å². The maximum atomic E-state index is 11.8. The number of hydrogen-bond donors (Lipinski definition) is 1. The standard InChI is InChI=1S/C16H23ClN2O3/c1-11-6-7-13(10-14(11)17)19(12(2)20)9-8-18-15(21)22-16(3,4)5/h6-7,10H,8-9H2,1-5H3,(H,18,21). The summed E-state index contributed by atoms with van der Waals surface area (Å²) in [7, 11) is 0. The number of carbonyl (C=O) groups excluding carboxylic acids is 2. The molecule has 1 aromatic rings. The second-order valence-electron chi connectivity index (χ2n) is 6.03. The van der Waals surface area contributed by atoms with Crippen molar-refractivity contribution in [3.63, 3.8) is 0 Å². The highest BCUT2D eigenvalue weighted by atomic mass is 35.5. The van der Waals surface area contributed by atoms with Gasteiger partial charge in [0.1, 0.15) is 5.60 Å². The summed E-state index contributed by atoms with van der Waals surface area (Å²) in [6.07, 6.45) is -0.502. The lowest BCUT2D eigenvalue weighted by Crippen LogP contribution is -2.39. The topological polar surface area (TPSA) is 58.6 Å². The van der Waals surface area contributed by atoms with Crippen molar-refractivity contribution in [3.05, 3.63) is 28.8 Å². The van der Waals surface area contributed by atoms with E-state index in [-0.39, 0.29) is 5.91 Å². The van der Waals surface area contributed by atoms with E-state index in [2.05, 4.69) is 5.32 Å². The number of halogens is 1. The summed E-state index contributed by atoms with van der Waals surface area (Å²) >= 11 is 6.09. The Bertz CT molecular complexity index is 553. The quantitative estimate of drug-likeness (QED) is 0.920. The van der Waals surface area contributed by atoms with Crippen molar-refractivity contribution in [3.8, 4) is 0 Å². The molecule has 0 fully saturated rings. The minimum Gasteiger partial charge on any atom is -0.444 e. The van der Waals surface area contributed by atoms with Gasteiger partial charge in [-0.1, -0.05) is 17.7 Å². The first-order valence-electron chi connectivity index (χ1n) is 7.11. The van der Waals surface area contributed by atoms with Gasteiger partial charge in [0.15, 0.2) is 0 Å². The summed E-state index contributed by atoms with van der Waals surface area (Å²) in [5.74, 6) is -0.120. The normalized spacial score (nSPS) is 11.0. The molecule has 6 heteroatoms. The fourth-order valence-electron chi connectivity index (χ4n) is 1.80. The molecule has 2 amide bonds. The van der Waals surface area contributed by atoms with Crippen LogP contribution in [0.1, 0.15) is 33.3 Å². The molecule has 0 saturated carbocycles. The summed E-state index contributed by atoms with van der Waals surface area (Å²) in [5.41, 5.74) is 1.10. The van der Waals surface area contributed by atoms with E-state index in [1.165, 1.54) is 6.92 Å². The first-order valence-corrected chi connectivity index (χ1v) is 7.49. The molecule has 1 aromatic carbocycles. The molecule has 122 valence electrons. The highest BCUT2D eigenvalue weighted by Crippen LogP contribution is 2.23. The molecule has 0 bridgehead atoms. The van der Waals surface area contributed by atoms with Crippen LogP contribution < -0.4 is 10.2 Å². The number of ether oxygens (including phenoxy) is 1. The van der Waals surface area contributed by atoms with Gasteiger partial charge in [-0.3, -0.25) is 4.79 Å². The number of benzene rings is 1. The number of nitrogens with one attached hydrogen (secondary N) is 1. The SMILES string of the molecule is CC(=O)N(CCNC(=O)OC(C)(C)C)c1ccc(C)c(Cl)c1. The molecule has 0 unspecified atom stereocenters.